The molecule has 0 aliphatic carbocycles. The van der Waals surface area contributed by atoms with Crippen LogP contribution in [0.5, 0.6) is 5.75 Å². The van der Waals surface area contributed by atoms with Gasteiger partial charge >= 0.3 is 0 Å². The molecule has 0 heterocycles. The monoisotopic (exact) mass is 297 g/mol. The molecular weight excluding hydrogens is 278 g/mol. The first-order valence-corrected chi connectivity index (χ1v) is 6.75. The summed E-state index contributed by atoms with van der Waals surface area (Å²) in [6.07, 6.45) is 2.96. The van der Waals surface area contributed by atoms with Crippen LogP contribution in [0.1, 0.15) is 25.8 Å². The maximum atomic E-state index is 5.80. The van der Waals surface area contributed by atoms with E-state index in [2.05, 4.69) is 40.8 Å². The van der Waals surface area contributed by atoms with Gasteiger partial charge in [0, 0.05) is 16.6 Å². The van der Waals surface area contributed by atoms with Crippen molar-refractivity contribution < 1.29 is 4.74 Å². The Morgan fingerprint density at radius 3 is 2.94 bits per heavy atom. The molecule has 0 saturated carbocycles. The van der Waals surface area contributed by atoms with Crippen LogP contribution in [0.4, 0.5) is 0 Å². The van der Waals surface area contributed by atoms with Crippen LogP contribution >= 0.6 is 15.9 Å². The molecule has 0 spiro atoms. The Hall–Kier alpha value is -0.800. The molecule has 0 aliphatic rings. The molecule has 0 bridgehead atoms. The van der Waals surface area contributed by atoms with Crippen molar-refractivity contribution in [1.82, 2.24) is 5.32 Å². The van der Waals surface area contributed by atoms with E-state index >= 15 is 0 Å². The van der Waals surface area contributed by atoms with Crippen LogP contribution in [0.2, 0.25) is 0 Å². The van der Waals surface area contributed by atoms with Gasteiger partial charge in [-0.05, 0) is 38.1 Å². The van der Waals surface area contributed by atoms with E-state index in [1.165, 1.54) is 5.56 Å². The van der Waals surface area contributed by atoms with Crippen LogP contribution in [-0.4, -0.2) is 12.6 Å². The van der Waals surface area contributed by atoms with Crippen LogP contribution in [0.15, 0.2) is 35.3 Å². The highest BCUT2D eigenvalue weighted by Crippen LogP contribution is 2.24. The molecule has 0 aromatic heterocycles. The van der Waals surface area contributed by atoms with Crippen molar-refractivity contribution in [1.29, 1.82) is 0 Å². The molecule has 0 aliphatic heterocycles. The first-order valence-electron chi connectivity index (χ1n) is 5.95. The second-order valence-electron chi connectivity index (χ2n) is 3.99. The third-order valence-electron chi connectivity index (χ3n) is 2.41. The van der Waals surface area contributed by atoms with E-state index in [0.717, 1.165) is 29.7 Å². The molecule has 0 amide bonds. The lowest BCUT2D eigenvalue weighted by atomic mass is 10.2. The predicted octanol–water partition coefficient (Wildman–Crippen LogP) is 3.90. The topological polar surface area (TPSA) is 21.3 Å². The second kappa shape index (κ2) is 7.51. The number of benzene rings is 1. The fraction of sp³-hybridized carbons (Fsp3) is 0.429. The Morgan fingerprint density at radius 1 is 1.53 bits per heavy atom. The lowest BCUT2D eigenvalue weighted by molar-refractivity contribution is 0.267. The van der Waals surface area contributed by atoms with Crippen molar-refractivity contribution in [2.45, 2.75) is 32.9 Å². The molecule has 1 aromatic carbocycles. The standard InChI is InChI=1S/C14H20BrNO/c1-4-8-16-10-12-9-13(15)6-7-14(12)17-11(3)5-2/h5-7,9,11,16H,2,4,8,10H2,1,3H3. The molecule has 1 unspecified atom stereocenters. The van der Waals surface area contributed by atoms with E-state index in [9.17, 15) is 0 Å². The Labute approximate surface area is 112 Å². The van der Waals surface area contributed by atoms with Gasteiger partial charge in [0.25, 0.3) is 0 Å². The van der Waals surface area contributed by atoms with Gasteiger partial charge in [0.05, 0.1) is 0 Å². The van der Waals surface area contributed by atoms with Gasteiger partial charge in [0.15, 0.2) is 0 Å². The molecule has 1 rings (SSSR count). The van der Waals surface area contributed by atoms with E-state index in [-0.39, 0.29) is 6.10 Å². The summed E-state index contributed by atoms with van der Waals surface area (Å²) in [5.41, 5.74) is 1.17. The predicted molar refractivity (Wildman–Crippen MR) is 76.4 cm³/mol. The summed E-state index contributed by atoms with van der Waals surface area (Å²) in [7, 11) is 0. The number of halogens is 1. The highest BCUT2D eigenvalue weighted by atomic mass is 79.9. The molecule has 1 aromatic rings. The average Bonchev–Trinajstić information content (AvgIpc) is 2.32. The summed E-state index contributed by atoms with van der Waals surface area (Å²) in [4.78, 5) is 0. The van der Waals surface area contributed by atoms with Crippen LogP contribution in [-0.2, 0) is 6.54 Å². The zero-order chi connectivity index (χ0) is 12.7. The number of ether oxygens (including phenoxy) is 1. The highest BCUT2D eigenvalue weighted by molar-refractivity contribution is 9.10. The first kappa shape index (κ1) is 14.3. The molecule has 1 atom stereocenters. The maximum absolute atomic E-state index is 5.80. The van der Waals surface area contributed by atoms with Gasteiger partial charge in [-0.15, -0.1) is 0 Å². The Morgan fingerprint density at radius 2 is 2.29 bits per heavy atom. The van der Waals surface area contributed by atoms with Crippen molar-refractivity contribution in [3.05, 3.63) is 40.9 Å². The maximum Gasteiger partial charge on any atom is 0.124 e. The summed E-state index contributed by atoms with van der Waals surface area (Å²) in [5, 5.41) is 3.38. The molecule has 0 fully saturated rings. The zero-order valence-electron chi connectivity index (χ0n) is 10.5. The van der Waals surface area contributed by atoms with E-state index in [1.807, 2.05) is 19.1 Å². The van der Waals surface area contributed by atoms with Crippen molar-refractivity contribution in [2.24, 2.45) is 0 Å². The fourth-order valence-corrected chi connectivity index (χ4v) is 1.86. The molecule has 94 valence electrons. The molecular formula is C14H20BrNO. The van der Waals surface area contributed by atoms with Crippen molar-refractivity contribution in [3.63, 3.8) is 0 Å². The minimum atomic E-state index is 0.0288. The van der Waals surface area contributed by atoms with Crippen molar-refractivity contribution in [2.75, 3.05) is 6.54 Å². The summed E-state index contributed by atoms with van der Waals surface area (Å²) in [5.74, 6) is 0.921. The lowest BCUT2D eigenvalue weighted by Gasteiger charge is -2.15. The minimum absolute atomic E-state index is 0.0288. The van der Waals surface area contributed by atoms with Crippen molar-refractivity contribution in [3.8, 4) is 5.75 Å². The molecule has 0 saturated heterocycles. The third kappa shape index (κ3) is 4.92. The van der Waals surface area contributed by atoms with Gasteiger partial charge in [0.1, 0.15) is 11.9 Å². The van der Waals surface area contributed by atoms with E-state index in [4.69, 9.17) is 4.74 Å². The minimum Gasteiger partial charge on any atom is -0.486 e. The van der Waals surface area contributed by atoms with E-state index in [1.54, 1.807) is 6.08 Å². The number of nitrogens with one attached hydrogen (secondary N) is 1. The van der Waals surface area contributed by atoms with Crippen LogP contribution in [0, 0.1) is 0 Å². The Balaban J connectivity index is 2.76. The quantitative estimate of drug-likeness (QED) is 0.609. The van der Waals surface area contributed by atoms with Crippen LogP contribution < -0.4 is 10.1 Å². The molecule has 17 heavy (non-hydrogen) atoms. The number of rotatable bonds is 7. The lowest BCUT2D eigenvalue weighted by Crippen LogP contribution is -2.16. The summed E-state index contributed by atoms with van der Waals surface area (Å²) in [6.45, 7) is 9.71. The molecule has 3 heteroatoms. The molecule has 1 N–H and O–H groups in total. The van der Waals surface area contributed by atoms with Gasteiger partial charge in [-0.2, -0.15) is 0 Å². The summed E-state index contributed by atoms with van der Waals surface area (Å²) < 4.78 is 6.87. The fourth-order valence-electron chi connectivity index (χ4n) is 1.45. The summed E-state index contributed by atoms with van der Waals surface area (Å²) >= 11 is 3.49. The van der Waals surface area contributed by atoms with E-state index in [0.29, 0.717) is 0 Å². The van der Waals surface area contributed by atoms with Crippen molar-refractivity contribution >= 4 is 15.9 Å². The molecule has 2 nitrogen and oxygen atoms in total. The normalized spacial score (nSPS) is 12.2. The summed E-state index contributed by atoms with van der Waals surface area (Å²) in [6, 6.07) is 6.08. The van der Waals surface area contributed by atoms with Gasteiger partial charge in [-0.25, -0.2) is 0 Å². The average molecular weight is 298 g/mol. The smallest absolute Gasteiger partial charge is 0.124 e. The van der Waals surface area contributed by atoms with Crippen LogP contribution in [0.3, 0.4) is 0 Å². The Kier molecular flexibility index (Phi) is 6.30. The third-order valence-corrected chi connectivity index (χ3v) is 2.90. The van der Waals surface area contributed by atoms with E-state index < -0.39 is 0 Å². The number of hydrogen-bond donors (Lipinski definition) is 1. The number of hydrogen-bond acceptors (Lipinski definition) is 2. The van der Waals surface area contributed by atoms with Gasteiger partial charge < -0.3 is 10.1 Å². The highest BCUT2D eigenvalue weighted by Gasteiger charge is 2.06. The largest absolute Gasteiger partial charge is 0.486 e. The van der Waals surface area contributed by atoms with Gasteiger partial charge in [-0.1, -0.05) is 35.5 Å². The van der Waals surface area contributed by atoms with Gasteiger partial charge in [-0.3, -0.25) is 0 Å². The molecule has 0 radical (unpaired) electrons. The second-order valence-corrected chi connectivity index (χ2v) is 4.90. The van der Waals surface area contributed by atoms with Gasteiger partial charge in [0.2, 0.25) is 0 Å². The van der Waals surface area contributed by atoms with Crippen LogP contribution in [0.25, 0.3) is 0 Å². The Bertz CT molecular complexity index is 365. The SMILES string of the molecule is C=CC(C)Oc1ccc(Br)cc1CNCCC. The first-order chi connectivity index (χ1) is 8.17. The zero-order valence-corrected chi connectivity index (χ0v) is 12.1.